The van der Waals surface area contributed by atoms with E-state index in [4.69, 9.17) is 9.47 Å². The lowest BCUT2D eigenvalue weighted by Gasteiger charge is -2.22. The van der Waals surface area contributed by atoms with E-state index in [9.17, 15) is 4.55 Å². The van der Waals surface area contributed by atoms with Gasteiger partial charge in [-0.15, -0.1) is 0 Å². The molecule has 0 radical (unpaired) electrons. The van der Waals surface area contributed by atoms with Crippen molar-refractivity contribution in [3.05, 3.63) is 48.5 Å². The molecule has 2 rings (SSSR count). The predicted octanol–water partition coefficient (Wildman–Crippen LogP) is 5.21. The maximum absolute atomic E-state index is 12.9. The smallest absolute Gasteiger partial charge is 0.162 e. The molecule has 24 heavy (non-hydrogen) atoms. The van der Waals surface area contributed by atoms with Gasteiger partial charge in [-0.05, 0) is 65.8 Å². The first kappa shape index (κ1) is 18.7. The van der Waals surface area contributed by atoms with E-state index in [0.717, 1.165) is 11.5 Å². The summed E-state index contributed by atoms with van der Waals surface area (Å²) in [6.45, 7) is 11.9. The third-order valence-electron chi connectivity index (χ3n) is 2.89. The van der Waals surface area contributed by atoms with Crippen LogP contribution < -0.4 is 9.47 Å². The van der Waals surface area contributed by atoms with Gasteiger partial charge in [-0.25, -0.2) is 0 Å². The van der Waals surface area contributed by atoms with E-state index in [0.29, 0.717) is 9.79 Å². The molecule has 2 aromatic rings. The maximum Gasteiger partial charge on any atom is 0.162 e. The molecule has 4 heteroatoms. The molecule has 0 heterocycles. The van der Waals surface area contributed by atoms with Gasteiger partial charge in [-0.1, -0.05) is 12.1 Å². The highest BCUT2D eigenvalue weighted by molar-refractivity contribution is 7.91. The molecule has 0 atom stereocenters. The molecule has 0 bridgehead atoms. The summed E-state index contributed by atoms with van der Waals surface area (Å²) in [5.41, 5.74) is -0.582. The topological polar surface area (TPSA) is 41.5 Å². The summed E-state index contributed by atoms with van der Waals surface area (Å²) in [6, 6.07) is 14.9. The summed E-state index contributed by atoms with van der Waals surface area (Å²) in [6.07, 6.45) is 0. The Labute approximate surface area is 148 Å². The van der Waals surface area contributed by atoms with Crippen LogP contribution in [0.1, 0.15) is 41.5 Å². The van der Waals surface area contributed by atoms with Crippen LogP contribution >= 0.6 is 0 Å². The minimum absolute atomic E-state index is 0.291. The van der Waals surface area contributed by atoms with Crippen molar-refractivity contribution in [1.29, 1.82) is 0 Å². The summed E-state index contributed by atoms with van der Waals surface area (Å²) in [5, 5.41) is 0. The third kappa shape index (κ3) is 5.77. The minimum Gasteiger partial charge on any atom is -0.606 e. The van der Waals surface area contributed by atoms with Crippen LogP contribution in [-0.2, 0) is 11.2 Å². The highest BCUT2D eigenvalue weighted by atomic mass is 32.2. The van der Waals surface area contributed by atoms with E-state index in [1.54, 1.807) is 0 Å². The molecular weight excluding hydrogens is 320 g/mol. The zero-order chi connectivity index (χ0) is 18.0. The van der Waals surface area contributed by atoms with Gasteiger partial charge >= 0.3 is 0 Å². The van der Waals surface area contributed by atoms with Crippen molar-refractivity contribution in [3.8, 4) is 11.5 Å². The van der Waals surface area contributed by atoms with Gasteiger partial charge in [0.1, 0.15) is 22.7 Å². The molecule has 0 N–H and O–H groups in total. The van der Waals surface area contributed by atoms with Crippen LogP contribution in [0.2, 0.25) is 0 Å². The van der Waals surface area contributed by atoms with Gasteiger partial charge in [0.25, 0.3) is 0 Å². The summed E-state index contributed by atoms with van der Waals surface area (Å²) >= 11 is -1.28. The second kappa shape index (κ2) is 7.08. The lowest BCUT2D eigenvalue weighted by atomic mass is 10.2. The lowest BCUT2D eigenvalue weighted by molar-refractivity contribution is 0.130. The van der Waals surface area contributed by atoms with Crippen LogP contribution in [0, 0.1) is 0 Å². The minimum atomic E-state index is -1.28. The Morgan fingerprint density at radius 3 is 1.42 bits per heavy atom. The fourth-order valence-electron chi connectivity index (χ4n) is 2.15. The average Bonchev–Trinajstić information content (AvgIpc) is 2.43. The molecule has 0 saturated carbocycles. The molecule has 0 aliphatic rings. The van der Waals surface area contributed by atoms with Gasteiger partial charge in [0.15, 0.2) is 9.79 Å². The SMILES string of the molecule is CC(C)(C)Oc1cccc([S+]([O-])c2cccc(OC(C)(C)C)c2)c1. The molecule has 0 fully saturated rings. The normalized spacial score (nSPS) is 12.3. The van der Waals surface area contributed by atoms with Gasteiger partial charge < -0.3 is 14.0 Å². The van der Waals surface area contributed by atoms with Gasteiger partial charge in [0.2, 0.25) is 0 Å². The van der Waals surface area contributed by atoms with Gasteiger partial charge in [-0.3, -0.25) is 0 Å². The standard InChI is InChI=1S/C20H26O3S/c1-19(2,3)22-15-9-7-11-17(13-15)24(21)18-12-8-10-16(14-18)23-20(4,5)6/h7-14H,1-6H3. The van der Waals surface area contributed by atoms with Crippen LogP contribution in [0.15, 0.2) is 58.3 Å². The average molecular weight is 346 g/mol. The molecule has 0 aromatic heterocycles. The number of ether oxygens (including phenoxy) is 2. The number of benzene rings is 2. The Morgan fingerprint density at radius 2 is 1.08 bits per heavy atom. The molecule has 0 unspecified atom stereocenters. The maximum atomic E-state index is 12.9. The molecule has 3 nitrogen and oxygen atoms in total. The molecule has 0 amide bonds. The Hall–Kier alpha value is -1.65. The zero-order valence-electron chi connectivity index (χ0n) is 15.3. The van der Waals surface area contributed by atoms with Gasteiger partial charge in [-0.2, -0.15) is 0 Å². The van der Waals surface area contributed by atoms with Crippen molar-refractivity contribution >= 4 is 11.2 Å². The van der Waals surface area contributed by atoms with E-state index in [1.165, 1.54) is 0 Å². The number of hydrogen-bond donors (Lipinski definition) is 0. The van der Waals surface area contributed by atoms with Crippen molar-refractivity contribution < 1.29 is 14.0 Å². The van der Waals surface area contributed by atoms with Crippen LogP contribution in [-0.4, -0.2) is 15.8 Å². The first-order chi connectivity index (χ1) is 11.0. The van der Waals surface area contributed by atoms with Crippen molar-refractivity contribution in [2.45, 2.75) is 62.5 Å². The zero-order valence-corrected chi connectivity index (χ0v) is 16.1. The Balaban J connectivity index is 2.24. The van der Waals surface area contributed by atoms with Crippen molar-refractivity contribution in [3.63, 3.8) is 0 Å². The van der Waals surface area contributed by atoms with Crippen molar-refractivity contribution in [1.82, 2.24) is 0 Å². The fourth-order valence-corrected chi connectivity index (χ4v) is 3.27. The molecule has 2 aromatic carbocycles. The molecule has 130 valence electrons. The van der Waals surface area contributed by atoms with E-state index in [1.807, 2.05) is 90.1 Å². The Morgan fingerprint density at radius 1 is 0.708 bits per heavy atom. The number of rotatable bonds is 4. The van der Waals surface area contributed by atoms with Crippen LogP contribution in [0.25, 0.3) is 0 Å². The summed E-state index contributed by atoms with van der Waals surface area (Å²) in [7, 11) is 0. The number of hydrogen-bond acceptors (Lipinski definition) is 3. The van der Waals surface area contributed by atoms with Gasteiger partial charge in [0, 0.05) is 23.3 Å². The van der Waals surface area contributed by atoms with Crippen molar-refractivity contribution in [2.75, 3.05) is 0 Å². The highest BCUT2D eigenvalue weighted by Gasteiger charge is 2.19. The molecule has 0 aliphatic heterocycles. The quantitative estimate of drug-likeness (QED) is 0.714. The Bertz CT molecular complexity index is 624. The third-order valence-corrected chi connectivity index (χ3v) is 4.25. The lowest BCUT2D eigenvalue weighted by Crippen LogP contribution is -2.23. The van der Waals surface area contributed by atoms with E-state index in [-0.39, 0.29) is 11.2 Å². The molecule has 0 saturated heterocycles. The van der Waals surface area contributed by atoms with E-state index < -0.39 is 11.2 Å². The molecular formula is C20H26O3S. The second-order valence-electron chi connectivity index (χ2n) is 7.65. The predicted molar refractivity (Wildman–Crippen MR) is 98.3 cm³/mol. The molecule has 0 spiro atoms. The van der Waals surface area contributed by atoms with Crippen LogP contribution in [0.5, 0.6) is 11.5 Å². The van der Waals surface area contributed by atoms with Crippen LogP contribution in [0.4, 0.5) is 0 Å². The first-order valence-electron chi connectivity index (χ1n) is 8.03. The largest absolute Gasteiger partial charge is 0.606 e. The Kier molecular flexibility index (Phi) is 5.51. The van der Waals surface area contributed by atoms with Crippen molar-refractivity contribution in [2.24, 2.45) is 0 Å². The summed E-state index contributed by atoms with van der Waals surface area (Å²) < 4.78 is 24.6. The van der Waals surface area contributed by atoms with Crippen LogP contribution in [0.3, 0.4) is 0 Å². The summed E-state index contributed by atoms with van der Waals surface area (Å²) in [5.74, 6) is 1.44. The highest BCUT2D eigenvalue weighted by Crippen LogP contribution is 2.29. The monoisotopic (exact) mass is 346 g/mol. The summed E-state index contributed by atoms with van der Waals surface area (Å²) in [4.78, 5) is 1.43. The molecule has 0 aliphatic carbocycles. The van der Waals surface area contributed by atoms with E-state index in [2.05, 4.69) is 0 Å². The second-order valence-corrected chi connectivity index (χ2v) is 9.13. The van der Waals surface area contributed by atoms with E-state index >= 15 is 0 Å². The first-order valence-corrected chi connectivity index (χ1v) is 9.18. The van der Waals surface area contributed by atoms with Gasteiger partial charge in [0.05, 0.1) is 0 Å². The fraction of sp³-hybridized carbons (Fsp3) is 0.400.